The maximum Gasteiger partial charge on any atom is 0.319 e. The molecule has 132 valence electrons. The van der Waals surface area contributed by atoms with Crippen molar-refractivity contribution in [3.8, 4) is 5.75 Å². The lowest BCUT2D eigenvalue weighted by atomic mass is 9.78. The van der Waals surface area contributed by atoms with Gasteiger partial charge in [0.25, 0.3) is 0 Å². The Balaban J connectivity index is 1.69. The van der Waals surface area contributed by atoms with E-state index in [9.17, 15) is 9.59 Å². The lowest BCUT2D eigenvalue weighted by Gasteiger charge is -2.35. The topological polar surface area (TPSA) is 67.4 Å². The molecule has 1 aliphatic heterocycles. The Bertz CT molecular complexity index is 872. The van der Waals surface area contributed by atoms with Gasteiger partial charge in [-0.2, -0.15) is 0 Å². The van der Waals surface area contributed by atoms with Gasteiger partial charge in [-0.15, -0.1) is 0 Å². The molecule has 5 nitrogen and oxygen atoms in total. The standard InChI is InChI=1S/C21H20N2O3/c1-26-16-9-7-14(8-10-16)20-19-17(22-21(25)23-20)11-15(12-18(19)24)13-5-3-2-4-6-13/h2-10,15,20H,11-12H2,1H3,(H2,22,23,25). The van der Waals surface area contributed by atoms with Gasteiger partial charge in [0.15, 0.2) is 5.78 Å². The SMILES string of the molecule is COc1ccc(C2NC(=O)NC3=C2C(=O)CC(c2ccccc2)C3)cc1. The molecule has 0 saturated carbocycles. The van der Waals surface area contributed by atoms with Crippen LogP contribution in [0.15, 0.2) is 65.9 Å². The Morgan fingerprint density at radius 2 is 1.65 bits per heavy atom. The fourth-order valence-corrected chi connectivity index (χ4v) is 3.77. The van der Waals surface area contributed by atoms with Gasteiger partial charge < -0.3 is 15.4 Å². The van der Waals surface area contributed by atoms with Gasteiger partial charge in [-0.25, -0.2) is 4.79 Å². The van der Waals surface area contributed by atoms with E-state index in [0.29, 0.717) is 18.4 Å². The first-order chi connectivity index (χ1) is 12.7. The van der Waals surface area contributed by atoms with E-state index in [1.165, 1.54) is 0 Å². The molecule has 2 aliphatic rings. The maximum absolute atomic E-state index is 13.0. The van der Waals surface area contributed by atoms with Crippen LogP contribution < -0.4 is 15.4 Å². The third-order valence-electron chi connectivity index (χ3n) is 5.06. The van der Waals surface area contributed by atoms with Crippen molar-refractivity contribution in [1.82, 2.24) is 10.6 Å². The van der Waals surface area contributed by atoms with Crippen molar-refractivity contribution < 1.29 is 14.3 Å². The predicted octanol–water partition coefficient (Wildman–Crippen LogP) is 3.45. The minimum absolute atomic E-state index is 0.0772. The third-order valence-corrected chi connectivity index (χ3v) is 5.06. The molecule has 4 rings (SSSR count). The summed E-state index contributed by atoms with van der Waals surface area (Å²) in [6, 6.07) is 16.7. The first kappa shape index (κ1) is 16.4. The zero-order valence-electron chi connectivity index (χ0n) is 14.5. The molecule has 0 bridgehead atoms. The second-order valence-electron chi connectivity index (χ2n) is 6.64. The quantitative estimate of drug-likeness (QED) is 0.893. The van der Waals surface area contributed by atoms with Crippen molar-refractivity contribution in [2.24, 2.45) is 0 Å². The predicted molar refractivity (Wildman–Crippen MR) is 97.9 cm³/mol. The highest BCUT2D eigenvalue weighted by Gasteiger charge is 2.37. The van der Waals surface area contributed by atoms with E-state index in [2.05, 4.69) is 10.6 Å². The van der Waals surface area contributed by atoms with Crippen LogP contribution in [-0.2, 0) is 4.79 Å². The van der Waals surface area contributed by atoms with Crippen molar-refractivity contribution in [1.29, 1.82) is 0 Å². The smallest absolute Gasteiger partial charge is 0.319 e. The fraction of sp³-hybridized carbons (Fsp3) is 0.238. The number of urea groups is 1. The molecule has 1 heterocycles. The summed E-state index contributed by atoms with van der Waals surface area (Å²) >= 11 is 0. The maximum atomic E-state index is 13.0. The highest BCUT2D eigenvalue weighted by atomic mass is 16.5. The van der Waals surface area contributed by atoms with Crippen LogP contribution in [0.5, 0.6) is 5.75 Å². The van der Waals surface area contributed by atoms with E-state index in [-0.39, 0.29) is 17.7 Å². The van der Waals surface area contributed by atoms with Crippen LogP contribution in [0.3, 0.4) is 0 Å². The van der Waals surface area contributed by atoms with Crippen LogP contribution >= 0.6 is 0 Å². The minimum Gasteiger partial charge on any atom is -0.497 e. The minimum atomic E-state index is -0.422. The molecule has 5 heteroatoms. The van der Waals surface area contributed by atoms with Gasteiger partial charge in [0.05, 0.1) is 13.2 Å². The van der Waals surface area contributed by atoms with Crippen LogP contribution in [0, 0.1) is 0 Å². The second kappa shape index (κ2) is 6.67. The molecule has 2 aromatic carbocycles. The van der Waals surface area contributed by atoms with Gasteiger partial charge in [0.1, 0.15) is 5.75 Å². The van der Waals surface area contributed by atoms with Gasteiger partial charge in [-0.1, -0.05) is 42.5 Å². The van der Waals surface area contributed by atoms with Gasteiger partial charge in [0, 0.05) is 17.7 Å². The zero-order chi connectivity index (χ0) is 18.1. The molecule has 2 unspecified atom stereocenters. The highest BCUT2D eigenvalue weighted by Crippen LogP contribution is 2.39. The number of methoxy groups -OCH3 is 1. The largest absolute Gasteiger partial charge is 0.497 e. The van der Waals surface area contributed by atoms with Crippen LogP contribution in [-0.4, -0.2) is 18.9 Å². The second-order valence-corrected chi connectivity index (χ2v) is 6.64. The molecule has 2 atom stereocenters. The molecule has 26 heavy (non-hydrogen) atoms. The highest BCUT2D eigenvalue weighted by molar-refractivity contribution is 6.01. The van der Waals surface area contributed by atoms with Gasteiger partial charge in [0.2, 0.25) is 0 Å². The summed E-state index contributed by atoms with van der Waals surface area (Å²) in [5.41, 5.74) is 3.41. The van der Waals surface area contributed by atoms with E-state index in [1.54, 1.807) is 7.11 Å². The average Bonchev–Trinajstić information content (AvgIpc) is 2.67. The van der Waals surface area contributed by atoms with E-state index in [4.69, 9.17) is 4.74 Å². The number of ketones is 1. The lowest BCUT2D eigenvalue weighted by Crippen LogP contribution is -2.47. The van der Waals surface area contributed by atoms with Gasteiger partial charge >= 0.3 is 6.03 Å². The van der Waals surface area contributed by atoms with E-state index in [1.807, 2.05) is 54.6 Å². The lowest BCUT2D eigenvalue weighted by molar-refractivity contribution is -0.116. The number of rotatable bonds is 3. The number of allylic oxidation sites excluding steroid dienone is 1. The summed E-state index contributed by atoms with van der Waals surface area (Å²) in [4.78, 5) is 25.1. The van der Waals surface area contributed by atoms with E-state index < -0.39 is 6.04 Å². The molecule has 2 N–H and O–H groups in total. The van der Waals surface area contributed by atoms with Crippen molar-refractivity contribution in [3.05, 3.63) is 77.0 Å². The third kappa shape index (κ3) is 2.96. The van der Waals surface area contributed by atoms with Crippen molar-refractivity contribution in [2.45, 2.75) is 24.8 Å². The molecule has 0 saturated heterocycles. The van der Waals surface area contributed by atoms with Gasteiger partial charge in [-0.05, 0) is 35.6 Å². The molecule has 2 amide bonds. The first-order valence-corrected chi connectivity index (χ1v) is 8.68. The number of amides is 2. The molecule has 1 aliphatic carbocycles. The number of ether oxygens (including phenoxy) is 1. The Hall–Kier alpha value is -3.08. The number of nitrogens with one attached hydrogen (secondary N) is 2. The first-order valence-electron chi connectivity index (χ1n) is 8.68. The zero-order valence-corrected chi connectivity index (χ0v) is 14.5. The fourth-order valence-electron chi connectivity index (χ4n) is 3.77. The molecule has 2 aromatic rings. The summed E-state index contributed by atoms with van der Waals surface area (Å²) in [5.74, 6) is 0.910. The number of carbonyl (C=O) groups is 2. The summed E-state index contributed by atoms with van der Waals surface area (Å²) in [7, 11) is 1.61. The Morgan fingerprint density at radius 1 is 0.923 bits per heavy atom. The summed E-state index contributed by atoms with van der Waals surface area (Å²) in [5, 5.41) is 5.74. The van der Waals surface area contributed by atoms with Crippen LogP contribution in [0.25, 0.3) is 0 Å². The normalized spacial score (nSPS) is 22.3. The van der Waals surface area contributed by atoms with Crippen LogP contribution in [0.4, 0.5) is 4.79 Å². The molecule has 0 radical (unpaired) electrons. The number of carbonyl (C=O) groups excluding carboxylic acids is 2. The Morgan fingerprint density at radius 3 is 2.35 bits per heavy atom. The van der Waals surface area contributed by atoms with E-state index in [0.717, 1.165) is 22.6 Å². The molecule has 0 fully saturated rings. The van der Waals surface area contributed by atoms with Crippen LogP contribution in [0.1, 0.15) is 35.9 Å². The molecule has 0 aromatic heterocycles. The monoisotopic (exact) mass is 348 g/mol. The van der Waals surface area contributed by atoms with Crippen LogP contribution in [0.2, 0.25) is 0 Å². The number of Topliss-reactive ketones (excluding diaryl/α,β-unsaturated/α-hetero) is 1. The molecular weight excluding hydrogens is 328 g/mol. The van der Waals surface area contributed by atoms with E-state index >= 15 is 0 Å². The van der Waals surface area contributed by atoms with Crippen molar-refractivity contribution in [2.75, 3.05) is 7.11 Å². The van der Waals surface area contributed by atoms with Crippen molar-refractivity contribution in [3.63, 3.8) is 0 Å². The van der Waals surface area contributed by atoms with Crippen molar-refractivity contribution >= 4 is 11.8 Å². The molecular formula is C21H20N2O3. The number of hydrogen-bond donors (Lipinski definition) is 2. The molecule has 0 spiro atoms. The number of benzene rings is 2. The Kier molecular flexibility index (Phi) is 4.21. The summed E-state index contributed by atoms with van der Waals surface area (Å²) in [6.07, 6.45) is 1.11. The Labute approximate surface area is 152 Å². The van der Waals surface area contributed by atoms with Gasteiger partial charge in [-0.3, -0.25) is 4.79 Å². The summed E-state index contributed by atoms with van der Waals surface area (Å²) < 4.78 is 5.19. The average molecular weight is 348 g/mol. The number of hydrogen-bond acceptors (Lipinski definition) is 3. The summed E-state index contributed by atoms with van der Waals surface area (Å²) in [6.45, 7) is 0.